The molecular formula is C30H33N3O2S2. The van der Waals surface area contributed by atoms with Gasteiger partial charge in [0.05, 0.1) is 23.0 Å². The molecule has 5 nitrogen and oxygen atoms in total. The Labute approximate surface area is 229 Å². The van der Waals surface area contributed by atoms with Crippen LogP contribution in [0.1, 0.15) is 51.7 Å². The summed E-state index contributed by atoms with van der Waals surface area (Å²) in [5.74, 6) is 1.69. The van der Waals surface area contributed by atoms with Crippen LogP contribution in [-0.4, -0.2) is 13.2 Å². The lowest BCUT2D eigenvalue weighted by Gasteiger charge is -2.22. The molecule has 3 rings (SSSR count). The highest BCUT2D eigenvalue weighted by atomic mass is 32.2. The lowest BCUT2D eigenvalue weighted by atomic mass is 10.1. The number of anilines is 1. The van der Waals surface area contributed by atoms with Gasteiger partial charge in [0.25, 0.3) is 0 Å². The summed E-state index contributed by atoms with van der Waals surface area (Å²) >= 11 is 2.94. The molecule has 0 atom stereocenters. The van der Waals surface area contributed by atoms with E-state index >= 15 is 0 Å². The van der Waals surface area contributed by atoms with Crippen LogP contribution in [0.5, 0.6) is 11.5 Å². The second-order valence-electron chi connectivity index (χ2n) is 9.41. The first-order valence-corrected chi connectivity index (χ1v) is 14.0. The summed E-state index contributed by atoms with van der Waals surface area (Å²) in [4.78, 5) is 3.30. The second kappa shape index (κ2) is 13.9. The van der Waals surface area contributed by atoms with Crippen molar-refractivity contribution in [2.24, 2.45) is 11.8 Å². The van der Waals surface area contributed by atoms with E-state index in [2.05, 4.69) is 39.8 Å². The fourth-order valence-corrected chi connectivity index (χ4v) is 5.63. The average molecular weight is 532 g/mol. The van der Waals surface area contributed by atoms with E-state index in [1.54, 1.807) is 0 Å². The predicted molar refractivity (Wildman–Crippen MR) is 151 cm³/mol. The smallest absolute Gasteiger partial charge is 0.153 e. The van der Waals surface area contributed by atoms with Crippen LogP contribution >= 0.6 is 23.5 Å². The number of rotatable bonds is 12. The van der Waals surface area contributed by atoms with Crippen molar-refractivity contribution < 1.29 is 9.47 Å². The number of nitriles is 2. The fraction of sp³-hybridized carbons (Fsp3) is 0.333. The molecule has 3 aromatic rings. The molecule has 0 heterocycles. The third kappa shape index (κ3) is 7.61. The molecule has 7 heteroatoms. The predicted octanol–water partition coefficient (Wildman–Crippen LogP) is 8.16. The normalized spacial score (nSPS) is 10.8. The minimum absolute atomic E-state index is 0.195. The van der Waals surface area contributed by atoms with Gasteiger partial charge in [0.15, 0.2) is 11.5 Å². The van der Waals surface area contributed by atoms with Crippen LogP contribution < -0.4 is 15.2 Å². The Balaban J connectivity index is 2.28. The van der Waals surface area contributed by atoms with Crippen LogP contribution in [0.3, 0.4) is 0 Å². The van der Waals surface area contributed by atoms with Gasteiger partial charge in [-0.3, -0.25) is 0 Å². The number of nitrogen functional groups attached to an aromatic ring is 1. The number of hydrogen-bond donors (Lipinski definition) is 1. The van der Waals surface area contributed by atoms with Crippen LogP contribution in [0.2, 0.25) is 0 Å². The van der Waals surface area contributed by atoms with Gasteiger partial charge in [-0.05, 0) is 48.9 Å². The Hall–Kier alpha value is -3.26. The molecule has 0 saturated heterocycles. The third-order valence-corrected chi connectivity index (χ3v) is 7.94. The lowest BCUT2D eigenvalue weighted by molar-refractivity contribution is 0.269. The van der Waals surface area contributed by atoms with Crippen LogP contribution in [-0.2, 0) is 0 Å². The molecule has 0 unspecified atom stereocenters. The molecule has 0 aliphatic rings. The molecule has 192 valence electrons. The molecule has 0 aromatic heterocycles. The van der Waals surface area contributed by atoms with Gasteiger partial charge in [0, 0.05) is 15.5 Å². The van der Waals surface area contributed by atoms with Crippen molar-refractivity contribution in [2.45, 2.75) is 60.1 Å². The summed E-state index contributed by atoms with van der Waals surface area (Å²) in [7, 11) is 0. The Kier molecular flexibility index (Phi) is 10.6. The number of benzene rings is 3. The summed E-state index contributed by atoms with van der Waals surface area (Å²) in [6.07, 6.45) is 1.64. The maximum atomic E-state index is 10.2. The van der Waals surface area contributed by atoms with Crippen LogP contribution in [0.15, 0.2) is 74.2 Å². The zero-order valence-electron chi connectivity index (χ0n) is 21.8. The van der Waals surface area contributed by atoms with Crippen LogP contribution in [0, 0.1) is 34.5 Å². The van der Waals surface area contributed by atoms with E-state index in [0.717, 1.165) is 32.4 Å². The van der Waals surface area contributed by atoms with E-state index in [1.807, 2.05) is 54.6 Å². The maximum Gasteiger partial charge on any atom is 0.153 e. The number of hydrogen-bond acceptors (Lipinski definition) is 7. The van der Waals surface area contributed by atoms with Crippen molar-refractivity contribution in [3.8, 4) is 23.6 Å². The Morgan fingerprint density at radius 1 is 0.730 bits per heavy atom. The van der Waals surface area contributed by atoms with Gasteiger partial charge in [-0.25, -0.2) is 0 Å². The van der Waals surface area contributed by atoms with E-state index in [4.69, 9.17) is 15.2 Å². The minimum Gasteiger partial charge on any atom is -0.491 e. The third-order valence-electron chi connectivity index (χ3n) is 5.52. The largest absolute Gasteiger partial charge is 0.491 e. The minimum atomic E-state index is 0.195. The number of ether oxygens (including phenoxy) is 2. The van der Waals surface area contributed by atoms with E-state index < -0.39 is 0 Å². The molecule has 0 aliphatic carbocycles. The topological polar surface area (TPSA) is 92.1 Å². The molecule has 3 aromatic carbocycles. The van der Waals surface area contributed by atoms with Crippen molar-refractivity contribution in [3.05, 3.63) is 65.7 Å². The first-order valence-electron chi connectivity index (χ1n) is 12.4. The average Bonchev–Trinajstić information content (AvgIpc) is 2.87. The summed E-state index contributed by atoms with van der Waals surface area (Å²) < 4.78 is 12.6. The van der Waals surface area contributed by atoms with E-state index in [1.165, 1.54) is 23.5 Å². The number of para-hydroxylation sites is 1. The molecule has 2 N–H and O–H groups in total. The van der Waals surface area contributed by atoms with Gasteiger partial charge in [0.1, 0.15) is 23.3 Å². The number of nitrogens with zero attached hydrogens (tertiary/aromatic N) is 2. The first kappa shape index (κ1) is 28.3. The van der Waals surface area contributed by atoms with Crippen molar-refractivity contribution in [3.63, 3.8) is 0 Å². The molecule has 0 fully saturated rings. The van der Waals surface area contributed by atoms with Crippen molar-refractivity contribution in [2.75, 3.05) is 18.9 Å². The monoisotopic (exact) mass is 531 g/mol. The molecular weight excluding hydrogens is 498 g/mol. The molecule has 0 saturated carbocycles. The summed E-state index contributed by atoms with van der Waals surface area (Å²) in [5.41, 5.74) is 7.35. The zero-order valence-corrected chi connectivity index (χ0v) is 23.4. The zero-order chi connectivity index (χ0) is 26.8. The standard InChI is InChI=1S/C30H33N3O2S2/c1-20(2)14-16-34-27-23(18-31)24(19-32)28(35-17-15-21(3)4)30(37-26-13-9-8-12-25(26)33)29(27)36-22-10-6-5-7-11-22/h5-13,20-21H,14-17,33H2,1-4H3. The van der Waals surface area contributed by atoms with Crippen LogP contribution in [0.4, 0.5) is 5.69 Å². The van der Waals surface area contributed by atoms with E-state index in [0.29, 0.717) is 42.2 Å². The van der Waals surface area contributed by atoms with Crippen molar-refractivity contribution in [1.82, 2.24) is 0 Å². The molecule has 0 amide bonds. The summed E-state index contributed by atoms with van der Waals surface area (Å²) in [6, 6.07) is 22.0. The van der Waals surface area contributed by atoms with E-state index in [9.17, 15) is 10.5 Å². The van der Waals surface area contributed by atoms with Crippen LogP contribution in [0.25, 0.3) is 0 Å². The van der Waals surface area contributed by atoms with Crippen molar-refractivity contribution >= 4 is 29.2 Å². The maximum absolute atomic E-state index is 10.2. The fourth-order valence-electron chi connectivity index (χ4n) is 3.42. The quantitative estimate of drug-likeness (QED) is 0.236. The summed E-state index contributed by atoms with van der Waals surface area (Å²) in [5, 5.41) is 20.4. The first-order chi connectivity index (χ1) is 17.8. The van der Waals surface area contributed by atoms with Crippen molar-refractivity contribution in [1.29, 1.82) is 10.5 Å². The molecule has 0 spiro atoms. The Bertz CT molecular complexity index is 1280. The molecule has 37 heavy (non-hydrogen) atoms. The molecule has 0 aliphatic heterocycles. The van der Waals surface area contributed by atoms with Gasteiger partial charge in [-0.1, -0.05) is 81.6 Å². The van der Waals surface area contributed by atoms with Gasteiger partial charge in [-0.2, -0.15) is 10.5 Å². The van der Waals surface area contributed by atoms with Gasteiger partial charge >= 0.3 is 0 Å². The van der Waals surface area contributed by atoms with Gasteiger partial charge in [-0.15, -0.1) is 0 Å². The highest BCUT2D eigenvalue weighted by Crippen LogP contribution is 2.52. The Morgan fingerprint density at radius 3 is 1.70 bits per heavy atom. The molecule has 0 bridgehead atoms. The summed E-state index contributed by atoms with van der Waals surface area (Å²) in [6.45, 7) is 9.36. The SMILES string of the molecule is CC(C)CCOc1c(C#N)c(C#N)c(OCCC(C)C)c(Sc2ccccc2N)c1Sc1ccccc1. The second-order valence-corrected chi connectivity index (χ2v) is 11.5. The van der Waals surface area contributed by atoms with Gasteiger partial charge in [0.2, 0.25) is 0 Å². The highest BCUT2D eigenvalue weighted by Gasteiger charge is 2.28. The highest BCUT2D eigenvalue weighted by molar-refractivity contribution is 8.02. The number of nitrogens with two attached hydrogens (primary N) is 1. The lowest BCUT2D eigenvalue weighted by Crippen LogP contribution is -2.09. The van der Waals surface area contributed by atoms with E-state index in [-0.39, 0.29) is 11.1 Å². The molecule has 0 radical (unpaired) electrons. The Morgan fingerprint density at radius 2 is 1.22 bits per heavy atom. The van der Waals surface area contributed by atoms with Gasteiger partial charge < -0.3 is 15.2 Å².